The molecule has 0 heterocycles. The van der Waals surface area contributed by atoms with Gasteiger partial charge in [0.25, 0.3) is 0 Å². The van der Waals surface area contributed by atoms with Crippen LogP contribution < -0.4 is 5.32 Å². The van der Waals surface area contributed by atoms with Crippen LogP contribution in [0.15, 0.2) is 18.2 Å². The Hall–Kier alpha value is -1.98. The molecular formula is C15H17F2NO3. The molecule has 1 fully saturated rings. The summed E-state index contributed by atoms with van der Waals surface area (Å²) in [6.45, 7) is 0. The number of hydrogen-bond acceptors (Lipinski definition) is 2. The van der Waals surface area contributed by atoms with Crippen LogP contribution >= 0.6 is 0 Å². The van der Waals surface area contributed by atoms with Crippen molar-refractivity contribution < 1.29 is 23.5 Å². The number of aliphatic carboxylic acids is 1. The minimum absolute atomic E-state index is 0.141. The van der Waals surface area contributed by atoms with E-state index in [0.29, 0.717) is 18.9 Å². The van der Waals surface area contributed by atoms with Crippen LogP contribution in [0.2, 0.25) is 0 Å². The summed E-state index contributed by atoms with van der Waals surface area (Å²) in [5.41, 5.74) is -1.21. The zero-order valence-electron chi connectivity index (χ0n) is 11.5. The molecule has 1 amide bonds. The molecule has 0 radical (unpaired) electrons. The van der Waals surface area contributed by atoms with Gasteiger partial charge in [0.1, 0.15) is 11.6 Å². The molecule has 21 heavy (non-hydrogen) atoms. The fourth-order valence-corrected chi connectivity index (χ4v) is 2.79. The van der Waals surface area contributed by atoms with Crippen molar-refractivity contribution >= 4 is 17.6 Å². The number of amides is 1. The lowest BCUT2D eigenvalue weighted by atomic mass is 9.71. The first-order chi connectivity index (χ1) is 9.93. The average molecular weight is 297 g/mol. The summed E-state index contributed by atoms with van der Waals surface area (Å²) in [4.78, 5) is 23.5. The van der Waals surface area contributed by atoms with Crippen LogP contribution in [-0.4, -0.2) is 17.0 Å². The highest BCUT2D eigenvalue weighted by Gasteiger charge is 2.41. The van der Waals surface area contributed by atoms with Crippen molar-refractivity contribution in [2.24, 2.45) is 5.41 Å². The predicted molar refractivity (Wildman–Crippen MR) is 72.8 cm³/mol. The Morgan fingerprint density at radius 3 is 2.43 bits per heavy atom. The number of carbonyl (C=O) groups is 2. The van der Waals surface area contributed by atoms with Gasteiger partial charge in [-0.25, -0.2) is 8.78 Å². The Balaban J connectivity index is 2.07. The van der Waals surface area contributed by atoms with Gasteiger partial charge in [0.15, 0.2) is 0 Å². The van der Waals surface area contributed by atoms with Crippen LogP contribution in [0.4, 0.5) is 14.5 Å². The van der Waals surface area contributed by atoms with E-state index in [2.05, 4.69) is 5.32 Å². The summed E-state index contributed by atoms with van der Waals surface area (Å²) in [5, 5.41) is 11.7. The number of anilines is 1. The number of hydrogen-bond donors (Lipinski definition) is 2. The van der Waals surface area contributed by atoms with Crippen molar-refractivity contribution in [3.63, 3.8) is 0 Å². The van der Waals surface area contributed by atoms with Gasteiger partial charge in [0, 0.05) is 12.5 Å². The highest BCUT2D eigenvalue weighted by atomic mass is 19.1. The molecule has 1 aliphatic carbocycles. The van der Waals surface area contributed by atoms with E-state index in [-0.39, 0.29) is 12.1 Å². The maximum absolute atomic E-state index is 13.5. The molecule has 1 aliphatic rings. The molecule has 1 saturated carbocycles. The Bertz CT molecular complexity index is 554. The Morgan fingerprint density at radius 2 is 1.86 bits per heavy atom. The summed E-state index contributed by atoms with van der Waals surface area (Å²) < 4.78 is 26.3. The fraction of sp³-hybridized carbons (Fsp3) is 0.467. The average Bonchev–Trinajstić information content (AvgIpc) is 2.43. The number of rotatable bonds is 4. The third-order valence-corrected chi connectivity index (χ3v) is 3.97. The minimum atomic E-state index is -1.07. The number of carbonyl (C=O) groups excluding carboxylic acids is 1. The molecule has 0 unspecified atom stereocenters. The van der Waals surface area contributed by atoms with Gasteiger partial charge >= 0.3 is 5.97 Å². The zero-order chi connectivity index (χ0) is 15.5. The van der Waals surface area contributed by atoms with Crippen molar-refractivity contribution in [1.29, 1.82) is 0 Å². The first-order valence-corrected chi connectivity index (χ1v) is 6.91. The third kappa shape index (κ3) is 3.56. The van der Waals surface area contributed by atoms with Crippen LogP contribution in [-0.2, 0) is 9.59 Å². The van der Waals surface area contributed by atoms with Crippen LogP contribution in [0.3, 0.4) is 0 Å². The van der Waals surface area contributed by atoms with Crippen LogP contribution in [0.5, 0.6) is 0 Å². The topological polar surface area (TPSA) is 66.4 Å². The van der Waals surface area contributed by atoms with E-state index in [9.17, 15) is 23.5 Å². The molecule has 6 heteroatoms. The molecule has 2 rings (SSSR count). The summed E-state index contributed by atoms with van der Waals surface area (Å²) in [7, 11) is 0. The second kappa shape index (κ2) is 6.20. The highest BCUT2D eigenvalue weighted by Crippen LogP contribution is 2.39. The molecule has 4 nitrogen and oxygen atoms in total. The largest absolute Gasteiger partial charge is 0.481 e. The normalized spacial score (nSPS) is 17.2. The molecule has 0 aliphatic heterocycles. The monoisotopic (exact) mass is 297 g/mol. The second-order valence-corrected chi connectivity index (χ2v) is 5.50. The summed E-state index contributed by atoms with van der Waals surface area (Å²) >= 11 is 0. The maximum Gasteiger partial charge on any atom is 0.310 e. The van der Waals surface area contributed by atoms with E-state index in [4.69, 9.17) is 0 Å². The van der Waals surface area contributed by atoms with Gasteiger partial charge in [-0.15, -0.1) is 0 Å². The van der Waals surface area contributed by atoms with Crippen LogP contribution in [0.1, 0.15) is 38.5 Å². The van der Waals surface area contributed by atoms with E-state index in [1.54, 1.807) is 0 Å². The first kappa shape index (κ1) is 15.4. The number of carboxylic acid groups (broad SMARTS) is 1. The van der Waals surface area contributed by atoms with Crippen molar-refractivity contribution in [1.82, 2.24) is 0 Å². The van der Waals surface area contributed by atoms with Gasteiger partial charge in [-0.3, -0.25) is 9.59 Å². The lowest BCUT2D eigenvalue weighted by Crippen LogP contribution is -2.37. The molecule has 0 saturated heterocycles. The summed E-state index contributed by atoms with van der Waals surface area (Å²) in [5.74, 6) is -3.17. The first-order valence-electron chi connectivity index (χ1n) is 6.91. The third-order valence-electron chi connectivity index (χ3n) is 3.97. The van der Waals surface area contributed by atoms with E-state index in [1.807, 2.05) is 0 Å². The molecule has 0 atom stereocenters. The molecule has 1 aromatic carbocycles. The van der Waals surface area contributed by atoms with E-state index >= 15 is 0 Å². The fourth-order valence-electron chi connectivity index (χ4n) is 2.79. The van der Waals surface area contributed by atoms with Gasteiger partial charge in [0.05, 0.1) is 11.1 Å². The highest BCUT2D eigenvalue weighted by molar-refractivity contribution is 5.94. The smallest absolute Gasteiger partial charge is 0.310 e. The number of benzene rings is 1. The number of nitrogens with one attached hydrogen (secondary N) is 1. The van der Waals surface area contributed by atoms with Gasteiger partial charge in [-0.05, 0) is 25.0 Å². The lowest BCUT2D eigenvalue weighted by molar-refractivity contribution is -0.153. The van der Waals surface area contributed by atoms with Gasteiger partial charge < -0.3 is 10.4 Å². The predicted octanol–water partition coefficient (Wildman–Crippen LogP) is 3.33. The van der Waals surface area contributed by atoms with Gasteiger partial charge in [0.2, 0.25) is 5.91 Å². The molecule has 0 aromatic heterocycles. The van der Waals surface area contributed by atoms with Crippen molar-refractivity contribution in [2.45, 2.75) is 38.5 Å². The quantitative estimate of drug-likeness (QED) is 0.895. The van der Waals surface area contributed by atoms with Crippen molar-refractivity contribution in [3.8, 4) is 0 Å². The zero-order valence-corrected chi connectivity index (χ0v) is 11.5. The molecule has 0 bridgehead atoms. The van der Waals surface area contributed by atoms with Gasteiger partial charge in [-0.1, -0.05) is 19.3 Å². The minimum Gasteiger partial charge on any atom is -0.481 e. The molecule has 114 valence electrons. The number of carboxylic acids is 1. The Morgan fingerprint density at radius 1 is 1.19 bits per heavy atom. The van der Waals surface area contributed by atoms with Crippen LogP contribution in [0, 0.1) is 17.0 Å². The molecule has 2 N–H and O–H groups in total. The molecular weight excluding hydrogens is 280 g/mol. The maximum atomic E-state index is 13.5. The lowest BCUT2D eigenvalue weighted by Gasteiger charge is -2.32. The van der Waals surface area contributed by atoms with Crippen LogP contribution in [0.25, 0.3) is 0 Å². The van der Waals surface area contributed by atoms with E-state index in [0.717, 1.165) is 31.4 Å². The van der Waals surface area contributed by atoms with Crippen molar-refractivity contribution in [3.05, 3.63) is 29.8 Å². The molecule has 1 aromatic rings. The van der Waals surface area contributed by atoms with E-state index in [1.165, 1.54) is 0 Å². The second-order valence-electron chi connectivity index (χ2n) is 5.50. The summed E-state index contributed by atoms with van der Waals surface area (Å²) in [6.07, 6.45) is 3.20. The standard InChI is InChI=1S/C15H17F2NO3/c16-10-4-5-12(11(17)8-10)18-13(19)9-15(14(20)21)6-2-1-3-7-15/h4-5,8H,1-3,6-7,9H2,(H,18,19)(H,20,21). The number of halogens is 2. The summed E-state index contributed by atoms with van der Waals surface area (Å²) in [6, 6.07) is 2.83. The SMILES string of the molecule is O=C(CC1(C(=O)O)CCCCC1)Nc1ccc(F)cc1F. The molecule has 0 spiro atoms. The van der Waals surface area contributed by atoms with E-state index < -0.39 is 28.9 Å². The van der Waals surface area contributed by atoms with Crippen molar-refractivity contribution in [2.75, 3.05) is 5.32 Å². The Labute approximate surface area is 121 Å². The Kier molecular flexibility index (Phi) is 4.55. The van der Waals surface area contributed by atoms with Gasteiger partial charge in [-0.2, -0.15) is 0 Å².